The number of Topliss-reactive ketones (excluding diaryl/α,β-unsaturated/α-hetero) is 1. The van der Waals surface area contributed by atoms with Gasteiger partial charge in [0, 0.05) is 36.5 Å². The van der Waals surface area contributed by atoms with Crippen molar-refractivity contribution in [3.8, 4) is 0 Å². The summed E-state index contributed by atoms with van der Waals surface area (Å²) in [6.07, 6.45) is 5.98. The van der Waals surface area contributed by atoms with Crippen LogP contribution in [0.3, 0.4) is 0 Å². The smallest absolute Gasteiger partial charge is 0.256 e. The molecule has 1 aromatic carbocycles. The lowest BCUT2D eigenvalue weighted by atomic mass is 9.90. The lowest BCUT2D eigenvalue weighted by Crippen LogP contribution is -2.16. The Morgan fingerprint density at radius 2 is 2.09 bits per heavy atom. The number of benzene rings is 1. The van der Waals surface area contributed by atoms with E-state index in [0.29, 0.717) is 18.4 Å². The summed E-state index contributed by atoms with van der Waals surface area (Å²) < 4.78 is 0. The van der Waals surface area contributed by atoms with Gasteiger partial charge >= 0.3 is 0 Å². The topological polar surface area (TPSA) is 59.1 Å². The van der Waals surface area contributed by atoms with Gasteiger partial charge in [-0.25, -0.2) is 0 Å². The number of hydrogen-bond donors (Lipinski definition) is 1. The number of rotatable bonds is 3. The van der Waals surface area contributed by atoms with Crippen molar-refractivity contribution in [3.63, 3.8) is 0 Å². The molecule has 0 radical (unpaired) electrons. The minimum absolute atomic E-state index is 0.119. The van der Waals surface area contributed by atoms with Gasteiger partial charge in [-0.05, 0) is 47.7 Å². The second-order valence-corrected chi connectivity index (χ2v) is 5.54. The molecule has 1 heterocycles. The number of nitrogens with one attached hydrogen (secondary N) is 1. The number of pyridine rings is 1. The third-order valence-corrected chi connectivity index (χ3v) is 4.05. The summed E-state index contributed by atoms with van der Waals surface area (Å²) in [6.45, 7) is 2.00. The van der Waals surface area contributed by atoms with E-state index in [0.717, 1.165) is 35.2 Å². The first-order valence-electron chi connectivity index (χ1n) is 7.55. The Morgan fingerprint density at radius 3 is 2.91 bits per heavy atom. The van der Waals surface area contributed by atoms with Crippen molar-refractivity contribution < 1.29 is 9.59 Å². The van der Waals surface area contributed by atoms with Crippen molar-refractivity contribution in [3.05, 3.63) is 58.9 Å². The van der Waals surface area contributed by atoms with Crippen LogP contribution in [0.5, 0.6) is 0 Å². The minimum Gasteiger partial charge on any atom is -0.322 e. The van der Waals surface area contributed by atoms with Gasteiger partial charge in [-0.1, -0.05) is 13.0 Å². The number of amides is 1. The van der Waals surface area contributed by atoms with Gasteiger partial charge in [-0.15, -0.1) is 0 Å². The monoisotopic (exact) mass is 294 g/mol. The fourth-order valence-corrected chi connectivity index (χ4v) is 2.81. The molecule has 0 aliphatic heterocycles. The van der Waals surface area contributed by atoms with E-state index in [1.54, 1.807) is 18.5 Å². The molecule has 4 heteroatoms. The van der Waals surface area contributed by atoms with Crippen molar-refractivity contribution in [2.45, 2.75) is 32.6 Å². The summed E-state index contributed by atoms with van der Waals surface area (Å²) in [5, 5.41) is 2.94. The largest absolute Gasteiger partial charge is 0.322 e. The van der Waals surface area contributed by atoms with Crippen LogP contribution >= 0.6 is 0 Å². The van der Waals surface area contributed by atoms with Crippen LogP contribution in [0.4, 0.5) is 5.69 Å². The highest BCUT2D eigenvalue weighted by molar-refractivity contribution is 6.05. The van der Waals surface area contributed by atoms with Gasteiger partial charge in [0.25, 0.3) is 5.91 Å². The van der Waals surface area contributed by atoms with Crippen LogP contribution in [0.25, 0.3) is 0 Å². The number of carbonyl (C=O) groups is 2. The number of anilines is 1. The molecule has 22 heavy (non-hydrogen) atoms. The number of ketones is 1. The van der Waals surface area contributed by atoms with Crippen LogP contribution in [-0.2, 0) is 24.1 Å². The predicted octanol–water partition coefficient (Wildman–Crippen LogP) is 2.95. The molecule has 0 spiro atoms. The summed E-state index contributed by atoms with van der Waals surface area (Å²) >= 11 is 0. The van der Waals surface area contributed by atoms with Crippen molar-refractivity contribution in [1.29, 1.82) is 0 Å². The Balaban J connectivity index is 1.81. The zero-order chi connectivity index (χ0) is 15.5. The van der Waals surface area contributed by atoms with E-state index in [9.17, 15) is 9.59 Å². The van der Waals surface area contributed by atoms with Gasteiger partial charge < -0.3 is 5.32 Å². The first-order chi connectivity index (χ1) is 10.7. The molecule has 1 aliphatic carbocycles. The number of nitrogens with zero attached hydrogens (tertiary/aromatic N) is 1. The first-order valence-corrected chi connectivity index (χ1v) is 7.55. The Kier molecular flexibility index (Phi) is 4.00. The molecule has 1 aliphatic rings. The van der Waals surface area contributed by atoms with Crippen LogP contribution in [0.1, 0.15) is 40.4 Å². The third kappa shape index (κ3) is 2.91. The summed E-state index contributed by atoms with van der Waals surface area (Å²) in [5.41, 5.74) is 4.60. The van der Waals surface area contributed by atoms with Gasteiger partial charge in [0.05, 0.1) is 0 Å². The third-order valence-electron chi connectivity index (χ3n) is 4.05. The SMILES string of the molecule is CCc1cnccc1C(=O)Nc1ccc2c(c1)CCC(=O)C2. The highest BCUT2D eigenvalue weighted by atomic mass is 16.1. The van der Waals surface area contributed by atoms with Gasteiger partial charge in [0.2, 0.25) is 0 Å². The Hall–Kier alpha value is -2.49. The number of fused-ring (bicyclic) bond motifs is 1. The molecule has 1 amide bonds. The molecule has 4 nitrogen and oxygen atoms in total. The van der Waals surface area contributed by atoms with E-state index in [1.807, 2.05) is 25.1 Å². The highest BCUT2D eigenvalue weighted by Gasteiger charge is 2.16. The van der Waals surface area contributed by atoms with Gasteiger partial charge in [0.1, 0.15) is 5.78 Å². The molecule has 0 saturated carbocycles. The fourth-order valence-electron chi connectivity index (χ4n) is 2.81. The van der Waals surface area contributed by atoms with E-state index < -0.39 is 0 Å². The van der Waals surface area contributed by atoms with Crippen molar-refractivity contribution >= 4 is 17.4 Å². The number of carbonyl (C=O) groups excluding carboxylic acids is 2. The Bertz CT molecular complexity index is 738. The minimum atomic E-state index is -0.119. The molecule has 0 saturated heterocycles. The lowest BCUT2D eigenvalue weighted by molar-refractivity contribution is -0.118. The first kappa shape index (κ1) is 14.4. The van der Waals surface area contributed by atoms with Crippen LogP contribution in [0, 0.1) is 0 Å². The van der Waals surface area contributed by atoms with Crippen LogP contribution in [-0.4, -0.2) is 16.7 Å². The molecular weight excluding hydrogens is 276 g/mol. The van der Waals surface area contributed by atoms with Crippen molar-refractivity contribution in [2.75, 3.05) is 5.32 Å². The lowest BCUT2D eigenvalue weighted by Gasteiger charge is -2.16. The van der Waals surface area contributed by atoms with Gasteiger partial charge in [0.15, 0.2) is 0 Å². The molecule has 1 aromatic heterocycles. The summed E-state index contributed by atoms with van der Waals surface area (Å²) in [5.74, 6) is 0.166. The van der Waals surface area contributed by atoms with Crippen LogP contribution in [0.15, 0.2) is 36.7 Å². The zero-order valence-electron chi connectivity index (χ0n) is 12.6. The second-order valence-electron chi connectivity index (χ2n) is 5.54. The highest BCUT2D eigenvalue weighted by Crippen LogP contribution is 2.23. The van der Waals surface area contributed by atoms with Crippen molar-refractivity contribution in [2.24, 2.45) is 0 Å². The predicted molar refractivity (Wildman–Crippen MR) is 85.0 cm³/mol. The summed E-state index contributed by atoms with van der Waals surface area (Å²) in [7, 11) is 0. The van der Waals surface area contributed by atoms with E-state index >= 15 is 0 Å². The average molecular weight is 294 g/mol. The molecular formula is C18H18N2O2. The summed E-state index contributed by atoms with van der Waals surface area (Å²) in [6, 6.07) is 7.52. The van der Waals surface area contributed by atoms with E-state index in [1.165, 1.54) is 0 Å². The van der Waals surface area contributed by atoms with E-state index in [4.69, 9.17) is 0 Å². The van der Waals surface area contributed by atoms with Crippen LogP contribution < -0.4 is 5.32 Å². The maximum Gasteiger partial charge on any atom is 0.256 e. The van der Waals surface area contributed by atoms with Crippen molar-refractivity contribution in [1.82, 2.24) is 4.98 Å². The molecule has 3 rings (SSSR count). The maximum atomic E-state index is 12.4. The summed E-state index contributed by atoms with van der Waals surface area (Å²) in [4.78, 5) is 27.9. The molecule has 1 N–H and O–H groups in total. The van der Waals surface area contributed by atoms with Gasteiger partial charge in [-0.2, -0.15) is 0 Å². The molecule has 2 aromatic rings. The quantitative estimate of drug-likeness (QED) is 0.946. The maximum absolute atomic E-state index is 12.4. The molecule has 0 unspecified atom stereocenters. The molecule has 112 valence electrons. The molecule has 0 atom stereocenters. The average Bonchev–Trinajstić information content (AvgIpc) is 2.55. The number of aromatic nitrogens is 1. The second kappa shape index (κ2) is 6.10. The normalized spacial score (nSPS) is 13.6. The number of aryl methyl sites for hydroxylation is 2. The Morgan fingerprint density at radius 1 is 1.23 bits per heavy atom. The number of hydrogen-bond acceptors (Lipinski definition) is 3. The van der Waals surface area contributed by atoms with E-state index in [-0.39, 0.29) is 11.7 Å². The Labute approximate surface area is 129 Å². The van der Waals surface area contributed by atoms with Crippen LogP contribution in [0.2, 0.25) is 0 Å². The van der Waals surface area contributed by atoms with E-state index in [2.05, 4.69) is 10.3 Å². The molecule has 0 fully saturated rings. The molecule has 0 bridgehead atoms. The zero-order valence-corrected chi connectivity index (χ0v) is 12.6. The fraction of sp³-hybridized carbons (Fsp3) is 0.278. The standard InChI is InChI=1S/C18H18N2O2/c1-2-12-11-19-8-7-17(12)18(22)20-15-5-3-14-10-16(21)6-4-13(14)9-15/h3,5,7-9,11H,2,4,6,10H2,1H3,(H,20,22). The van der Waals surface area contributed by atoms with Gasteiger partial charge in [-0.3, -0.25) is 14.6 Å².